The van der Waals surface area contributed by atoms with E-state index in [0.717, 1.165) is 31.2 Å². The van der Waals surface area contributed by atoms with E-state index in [-0.39, 0.29) is 11.4 Å². The van der Waals surface area contributed by atoms with E-state index in [9.17, 15) is 4.79 Å². The lowest BCUT2D eigenvalue weighted by Gasteiger charge is -2.34. The van der Waals surface area contributed by atoms with E-state index in [1.54, 1.807) is 0 Å². The van der Waals surface area contributed by atoms with Crippen LogP contribution in [0.1, 0.15) is 51.9 Å². The molecule has 0 aliphatic heterocycles. The molecule has 2 atom stereocenters. The Morgan fingerprint density at radius 2 is 1.94 bits per heavy atom. The van der Waals surface area contributed by atoms with Gasteiger partial charge in [-0.2, -0.15) is 0 Å². The van der Waals surface area contributed by atoms with Crippen molar-refractivity contribution in [3.8, 4) is 0 Å². The van der Waals surface area contributed by atoms with E-state index >= 15 is 0 Å². The lowest BCUT2D eigenvalue weighted by atomic mass is 9.80. The zero-order valence-corrected chi connectivity index (χ0v) is 11.2. The molecule has 0 heterocycles. The summed E-state index contributed by atoms with van der Waals surface area (Å²) in [5.41, 5.74) is 6.11. The summed E-state index contributed by atoms with van der Waals surface area (Å²) in [6.07, 6.45) is 7.53. The lowest BCUT2D eigenvalue weighted by molar-refractivity contribution is -0.131. The van der Waals surface area contributed by atoms with Gasteiger partial charge in [-0.25, -0.2) is 0 Å². The first kappa shape index (κ1) is 12.9. The molecule has 0 aromatic heterocycles. The highest BCUT2D eigenvalue weighted by atomic mass is 16.2. The van der Waals surface area contributed by atoms with Crippen LogP contribution in [0.25, 0.3) is 0 Å². The van der Waals surface area contributed by atoms with Crippen LogP contribution in [-0.2, 0) is 4.79 Å². The number of rotatable bonds is 4. The third-order valence-corrected chi connectivity index (χ3v) is 4.56. The first-order valence-corrected chi connectivity index (χ1v) is 7.03. The van der Waals surface area contributed by atoms with Crippen LogP contribution in [-0.4, -0.2) is 29.9 Å². The van der Waals surface area contributed by atoms with Crippen molar-refractivity contribution in [3.05, 3.63) is 0 Å². The van der Waals surface area contributed by atoms with Gasteiger partial charge in [-0.1, -0.05) is 26.2 Å². The summed E-state index contributed by atoms with van der Waals surface area (Å²) in [4.78, 5) is 14.0. The summed E-state index contributed by atoms with van der Waals surface area (Å²) in [5.74, 6) is 1.80. The maximum Gasteiger partial charge on any atom is 0.224 e. The van der Waals surface area contributed by atoms with E-state index < -0.39 is 0 Å². The van der Waals surface area contributed by atoms with E-state index in [1.165, 1.54) is 25.7 Å². The number of amides is 1. The fourth-order valence-electron chi connectivity index (χ4n) is 2.98. The summed E-state index contributed by atoms with van der Waals surface area (Å²) >= 11 is 0. The van der Waals surface area contributed by atoms with Crippen LogP contribution in [0.4, 0.5) is 0 Å². The Morgan fingerprint density at radius 1 is 1.35 bits per heavy atom. The summed E-state index contributed by atoms with van der Waals surface area (Å²) in [6.45, 7) is 3.19. The molecule has 2 aliphatic rings. The van der Waals surface area contributed by atoms with Crippen LogP contribution in [0.15, 0.2) is 0 Å². The van der Waals surface area contributed by atoms with Crippen LogP contribution in [0.3, 0.4) is 0 Å². The van der Waals surface area contributed by atoms with Gasteiger partial charge in [0.2, 0.25) is 5.91 Å². The Balaban J connectivity index is 1.78. The van der Waals surface area contributed by atoms with Gasteiger partial charge in [0.15, 0.2) is 0 Å². The molecule has 0 spiro atoms. The molecule has 0 aromatic carbocycles. The Hall–Kier alpha value is -0.570. The van der Waals surface area contributed by atoms with Crippen LogP contribution >= 0.6 is 0 Å². The molecule has 98 valence electrons. The molecular formula is C14H26N2O. The third-order valence-electron chi connectivity index (χ3n) is 4.56. The fraction of sp³-hybridized carbons (Fsp3) is 0.929. The van der Waals surface area contributed by atoms with Crippen LogP contribution in [0.5, 0.6) is 0 Å². The smallest absolute Gasteiger partial charge is 0.224 e. The molecule has 0 aromatic rings. The van der Waals surface area contributed by atoms with Gasteiger partial charge in [-0.15, -0.1) is 0 Å². The van der Waals surface area contributed by atoms with Crippen LogP contribution in [0, 0.1) is 11.8 Å². The molecule has 2 saturated carbocycles. The normalized spacial score (nSPS) is 31.0. The van der Waals surface area contributed by atoms with Gasteiger partial charge < -0.3 is 10.6 Å². The third kappa shape index (κ3) is 3.44. The number of nitrogens with zero attached hydrogens (tertiary/aromatic N) is 1. The van der Waals surface area contributed by atoms with Gasteiger partial charge in [0.05, 0.1) is 0 Å². The molecule has 1 amide bonds. The van der Waals surface area contributed by atoms with Crippen molar-refractivity contribution in [1.82, 2.24) is 4.90 Å². The molecule has 2 unspecified atom stereocenters. The molecule has 17 heavy (non-hydrogen) atoms. The quantitative estimate of drug-likeness (QED) is 0.815. The fourth-order valence-corrected chi connectivity index (χ4v) is 2.98. The van der Waals surface area contributed by atoms with Gasteiger partial charge in [0, 0.05) is 25.6 Å². The standard InChI is InChI=1S/C14H26N2O/c1-11-8-12(11)10-16(2)13(17)9-14(15)6-4-3-5-7-14/h11-12H,3-10,15H2,1-2H3. The first-order valence-electron chi connectivity index (χ1n) is 7.03. The largest absolute Gasteiger partial charge is 0.345 e. The zero-order valence-electron chi connectivity index (χ0n) is 11.2. The second-order valence-electron chi connectivity index (χ2n) is 6.35. The van der Waals surface area contributed by atoms with Crippen LogP contribution in [0.2, 0.25) is 0 Å². The van der Waals surface area contributed by atoms with Gasteiger partial charge in [0.1, 0.15) is 0 Å². The summed E-state index contributed by atoms with van der Waals surface area (Å²) < 4.78 is 0. The molecular weight excluding hydrogens is 212 g/mol. The molecule has 0 saturated heterocycles. The van der Waals surface area contributed by atoms with Crippen LogP contribution < -0.4 is 5.73 Å². The molecule has 3 nitrogen and oxygen atoms in total. The lowest BCUT2D eigenvalue weighted by Crippen LogP contribution is -2.46. The Kier molecular flexibility index (Phi) is 3.76. The minimum absolute atomic E-state index is 0.210. The van der Waals surface area contributed by atoms with Crippen molar-refractivity contribution in [2.45, 2.75) is 57.4 Å². The molecule has 2 fully saturated rings. The molecule has 3 heteroatoms. The Bertz CT molecular complexity index is 284. The zero-order chi connectivity index (χ0) is 12.5. The number of hydrogen-bond donors (Lipinski definition) is 1. The maximum atomic E-state index is 12.1. The van der Waals surface area contributed by atoms with Gasteiger partial charge >= 0.3 is 0 Å². The Morgan fingerprint density at radius 3 is 2.47 bits per heavy atom. The maximum absolute atomic E-state index is 12.1. The number of hydrogen-bond acceptors (Lipinski definition) is 2. The van der Waals surface area contributed by atoms with Crippen molar-refractivity contribution >= 4 is 5.91 Å². The monoisotopic (exact) mass is 238 g/mol. The first-order chi connectivity index (χ1) is 8.00. The molecule has 2 aliphatic carbocycles. The van der Waals surface area contributed by atoms with E-state index in [2.05, 4.69) is 6.92 Å². The number of carbonyl (C=O) groups excluding carboxylic acids is 1. The molecule has 2 rings (SSSR count). The minimum Gasteiger partial charge on any atom is -0.345 e. The summed E-state index contributed by atoms with van der Waals surface area (Å²) in [5, 5.41) is 0. The highest BCUT2D eigenvalue weighted by molar-refractivity contribution is 5.77. The van der Waals surface area contributed by atoms with Crippen molar-refractivity contribution in [1.29, 1.82) is 0 Å². The average Bonchev–Trinajstić information content (AvgIpc) is 2.94. The second-order valence-corrected chi connectivity index (χ2v) is 6.35. The number of nitrogens with two attached hydrogens (primary N) is 1. The van der Waals surface area contributed by atoms with E-state index in [0.29, 0.717) is 6.42 Å². The summed E-state index contributed by atoms with van der Waals surface area (Å²) in [6, 6.07) is 0. The highest BCUT2D eigenvalue weighted by Gasteiger charge is 2.36. The van der Waals surface area contributed by atoms with E-state index in [4.69, 9.17) is 5.73 Å². The van der Waals surface area contributed by atoms with Crippen molar-refractivity contribution in [2.24, 2.45) is 17.6 Å². The summed E-state index contributed by atoms with van der Waals surface area (Å²) in [7, 11) is 1.93. The molecule has 0 radical (unpaired) electrons. The van der Waals surface area contributed by atoms with E-state index in [1.807, 2.05) is 11.9 Å². The van der Waals surface area contributed by atoms with Crippen molar-refractivity contribution in [3.63, 3.8) is 0 Å². The van der Waals surface area contributed by atoms with Gasteiger partial charge in [0.25, 0.3) is 0 Å². The minimum atomic E-state index is -0.210. The van der Waals surface area contributed by atoms with Crippen molar-refractivity contribution < 1.29 is 4.79 Å². The predicted molar refractivity (Wildman–Crippen MR) is 69.5 cm³/mol. The van der Waals surface area contributed by atoms with Crippen molar-refractivity contribution in [2.75, 3.05) is 13.6 Å². The average molecular weight is 238 g/mol. The molecule has 0 bridgehead atoms. The second kappa shape index (κ2) is 4.97. The number of carbonyl (C=O) groups is 1. The Labute approximate surface area is 105 Å². The van der Waals surface area contributed by atoms with Gasteiger partial charge in [-0.05, 0) is 31.1 Å². The SMILES string of the molecule is CC1CC1CN(C)C(=O)CC1(N)CCCCC1. The molecule has 2 N–H and O–H groups in total. The topological polar surface area (TPSA) is 46.3 Å². The van der Waals surface area contributed by atoms with Gasteiger partial charge in [-0.3, -0.25) is 4.79 Å². The predicted octanol–water partition coefficient (Wildman–Crippen LogP) is 2.15. The highest BCUT2D eigenvalue weighted by Crippen LogP contribution is 2.38.